The highest BCUT2D eigenvalue weighted by Crippen LogP contribution is 2.24. The summed E-state index contributed by atoms with van der Waals surface area (Å²) in [5.41, 5.74) is 17.8. The van der Waals surface area contributed by atoms with Gasteiger partial charge < -0.3 is 153 Å². The van der Waals surface area contributed by atoms with E-state index >= 15 is 0 Å². The van der Waals surface area contributed by atoms with Gasteiger partial charge in [-0.15, -0.1) is 0 Å². The maximum absolute atomic E-state index is 14.8. The van der Waals surface area contributed by atoms with E-state index in [9.17, 15) is 121 Å². The number of likely N-dealkylation sites (tertiary alicyclic amines) is 2. The second kappa shape index (κ2) is 57.2. The standard InChI is InChI=1S/C88H143N25O26/c1-40(2)31-56(103-72(124)45(10)99-75(127)53(89)22-18-28-93-88(91)92)77(129)96-37-65(120)112-29-19-24-61(112)82(134)100-44(9)71(123)98-47(12)74(126)109-69(49(14)116)86(138)106-58(33-42(5)6)79(131)102-55(26-27-63(90)118)78(130)111-70(50(15)117)87(139)113-30-20-25-62(113)83(135)105-59(34-51-35-94-54-23-17-16-21-52(51)54)80(132)110-68(48(13)115)85(137)101-46(11)73(125)107-60(39-114)81(133)104-57(32-41(3)4)76(128)95-36-64(119)108-67(43(7)8)84(136)97-38-66(121)122/h16-17,21,23,35,40-50,53,55-62,67-70,94,114-117H,18-20,22,24-34,36-39,89H2,1-15H3,(H2,90,118)(H,95,128)(H,96,129)(H,97,136)(H,98,123)(H,99,127)(H,100,134)(H,101,137)(H,102,131)(H,103,124)(H,104,133)(H,105,135)(H,106,138)(H,107,125)(H,108,119)(H,109,126)(H,110,132)(H,111,130)(H,121,122)(H4,91,92,93)/t44-,45-,46-,47-,48+,49+,50+,53-,55-,56-,57-,58-,59-,60-,61-,62-,67-,68-,69-,70-/m0/s1. The van der Waals surface area contributed by atoms with Crippen molar-refractivity contribution in [3.05, 3.63) is 36.0 Å². The van der Waals surface area contributed by atoms with Gasteiger partial charge in [-0.25, -0.2) is 0 Å². The normalized spacial score (nSPS) is 17.4. The van der Waals surface area contributed by atoms with Crippen molar-refractivity contribution in [2.45, 2.75) is 302 Å². The fourth-order valence-electron chi connectivity index (χ4n) is 15.0. The number of nitrogens with two attached hydrogens (primary N) is 3. The molecule has 0 bridgehead atoms. The number of carboxylic acids is 1. The SMILES string of the molecule is CC(C)C[C@H](NC(=O)[C@H](C)NC(=O)[C@@H](N)CCCNC(=N)N)C(=O)NCC(=O)N1CCC[C@H]1C(=O)N[C@@H](C)C(=O)N[C@@H](C)C(=O)N[C@H](C(=O)N[C@@H](CC(C)C)C(=O)N[C@@H](CCC(N)=O)C(=O)N[C@H](C(=O)N1CCC[C@H]1C(=O)N[C@@H](Cc1c[nH]c2ccccc12)C(=O)N[C@H](C(=O)N[C@@H](C)C(=O)N[C@@H](CO)C(=O)N[C@@H](CC(C)C)C(=O)NCC(=O)N[C@H](C(=O)NCC(=O)O)C(C)C)[C@@H](C)O)[C@@H](C)O)[C@@H](C)O. The van der Waals surface area contributed by atoms with Crippen molar-refractivity contribution in [2.24, 2.45) is 40.9 Å². The van der Waals surface area contributed by atoms with E-state index in [0.29, 0.717) is 35.9 Å². The molecule has 776 valence electrons. The number of guanidine groups is 1. The molecule has 2 fully saturated rings. The van der Waals surface area contributed by atoms with Gasteiger partial charge in [-0.1, -0.05) is 73.6 Å². The van der Waals surface area contributed by atoms with Crippen molar-refractivity contribution < 1.29 is 126 Å². The lowest BCUT2D eigenvalue weighted by atomic mass is 10.0. The summed E-state index contributed by atoms with van der Waals surface area (Å²) in [5.74, 6) is -21.9. The second-order valence-electron chi connectivity index (χ2n) is 36.5. The Hall–Kier alpha value is -13.3. The minimum Gasteiger partial charge on any atom is -0.480 e. The maximum atomic E-state index is 14.8. The minimum atomic E-state index is -1.92. The number of carboxylic acid groups (broad SMARTS) is 1. The van der Waals surface area contributed by atoms with Crippen LogP contribution in [0, 0.1) is 29.1 Å². The third-order valence-electron chi connectivity index (χ3n) is 22.6. The lowest BCUT2D eigenvalue weighted by molar-refractivity contribution is -0.145. The number of aliphatic carboxylic acids is 1. The van der Waals surface area contributed by atoms with Gasteiger partial charge in [0.25, 0.3) is 0 Å². The molecule has 51 nitrogen and oxygen atoms in total. The molecule has 31 N–H and O–H groups in total. The Kier molecular flexibility index (Phi) is 48.5. The summed E-state index contributed by atoms with van der Waals surface area (Å²) in [7, 11) is 0. The van der Waals surface area contributed by atoms with Gasteiger partial charge in [-0.3, -0.25) is 106 Å². The summed E-state index contributed by atoms with van der Waals surface area (Å²) in [6.07, 6.45) is -4.06. The Labute approximate surface area is 804 Å². The van der Waals surface area contributed by atoms with Crippen LogP contribution in [0.4, 0.5) is 0 Å². The van der Waals surface area contributed by atoms with Crippen molar-refractivity contribution in [3.8, 4) is 0 Å². The van der Waals surface area contributed by atoms with Crippen LogP contribution in [0.5, 0.6) is 0 Å². The number of hydrogen-bond acceptors (Lipinski definition) is 27. The molecule has 3 heterocycles. The van der Waals surface area contributed by atoms with Gasteiger partial charge in [0.1, 0.15) is 103 Å². The Morgan fingerprint density at radius 3 is 1.37 bits per heavy atom. The van der Waals surface area contributed by atoms with Crippen LogP contribution in [0.3, 0.4) is 0 Å². The molecule has 1 aromatic heterocycles. The zero-order chi connectivity index (χ0) is 105. The lowest BCUT2D eigenvalue weighted by Crippen LogP contribution is -2.63. The molecule has 1 aromatic carbocycles. The Balaban J connectivity index is 1.44. The fraction of sp³-hybridized carbons (Fsp3) is 0.659. The number of hydrogen-bond donors (Lipinski definition) is 28. The third kappa shape index (κ3) is 38.9. The number of aromatic nitrogens is 1. The van der Waals surface area contributed by atoms with Crippen molar-refractivity contribution >= 4 is 141 Å². The number of primary amides is 1. The highest BCUT2D eigenvalue weighted by molar-refractivity contribution is 6.02. The molecular weight excluding hydrogens is 1820 g/mol. The first kappa shape index (κ1) is 118. The van der Waals surface area contributed by atoms with Crippen LogP contribution in [0.25, 0.3) is 10.9 Å². The number of aliphatic hydroxyl groups is 4. The first-order chi connectivity index (χ1) is 65.1. The minimum absolute atomic E-state index is 0.0342. The summed E-state index contributed by atoms with van der Waals surface area (Å²) in [6.45, 7) is 19.0. The molecule has 0 spiro atoms. The zero-order valence-electron chi connectivity index (χ0n) is 81.1. The van der Waals surface area contributed by atoms with Gasteiger partial charge in [-0.2, -0.15) is 0 Å². The molecule has 2 aromatic rings. The number of nitrogens with zero attached hydrogens (tertiary/aromatic N) is 2. The topological polar surface area (TPSA) is 800 Å². The van der Waals surface area contributed by atoms with Gasteiger partial charge >= 0.3 is 5.97 Å². The van der Waals surface area contributed by atoms with Crippen LogP contribution in [0.1, 0.15) is 180 Å². The summed E-state index contributed by atoms with van der Waals surface area (Å²) in [5, 5.41) is 104. The van der Waals surface area contributed by atoms with Crippen LogP contribution >= 0.6 is 0 Å². The first-order valence-corrected chi connectivity index (χ1v) is 46.3. The molecule has 2 saturated heterocycles. The summed E-state index contributed by atoms with van der Waals surface area (Å²) < 4.78 is 0. The van der Waals surface area contributed by atoms with Gasteiger partial charge in [-0.05, 0) is 148 Å². The van der Waals surface area contributed by atoms with Crippen LogP contribution in [-0.4, -0.2) is 337 Å². The predicted octanol–water partition coefficient (Wildman–Crippen LogP) is -9.22. The van der Waals surface area contributed by atoms with E-state index < -0.39 is 296 Å². The first-order valence-electron chi connectivity index (χ1n) is 46.3. The molecule has 139 heavy (non-hydrogen) atoms. The van der Waals surface area contributed by atoms with Crippen molar-refractivity contribution in [3.63, 3.8) is 0 Å². The molecule has 2 aliphatic rings. The molecule has 2 aliphatic heterocycles. The number of benzene rings is 1. The van der Waals surface area contributed by atoms with Crippen molar-refractivity contribution in [2.75, 3.05) is 45.9 Å². The number of amides is 20. The van der Waals surface area contributed by atoms with Gasteiger partial charge in [0, 0.05) is 49.6 Å². The Morgan fingerprint density at radius 1 is 0.432 bits per heavy atom. The zero-order valence-corrected chi connectivity index (χ0v) is 81.1. The van der Waals surface area contributed by atoms with Crippen LogP contribution in [-0.2, 0) is 107 Å². The van der Waals surface area contributed by atoms with Gasteiger partial charge in [0.05, 0.1) is 44.1 Å². The number of aromatic amines is 1. The van der Waals surface area contributed by atoms with Gasteiger partial charge in [0.2, 0.25) is 118 Å². The molecular formula is C88H143N25O26. The van der Waals surface area contributed by atoms with E-state index in [1.54, 1.807) is 85.9 Å². The number of H-pyrrole nitrogens is 1. The lowest BCUT2D eigenvalue weighted by Gasteiger charge is -2.32. The fourth-order valence-corrected chi connectivity index (χ4v) is 15.0. The smallest absolute Gasteiger partial charge is 0.322 e. The van der Waals surface area contributed by atoms with E-state index in [-0.39, 0.29) is 82.3 Å². The van der Waals surface area contributed by atoms with Crippen LogP contribution in [0.2, 0.25) is 0 Å². The van der Waals surface area contributed by atoms with E-state index in [0.717, 1.165) is 32.6 Å². The Bertz CT molecular complexity index is 4660. The molecule has 0 unspecified atom stereocenters. The molecule has 0 radical (unpaired) electrons. The second-order valence-corrected chi connectivity index (χ2v) is 36.5. The predicted molar refractivity (Wildman–Crippen MR) is 499 cm³/mol. The number of nitrogens with one attached hydrogen (secondary N) is 20. The molecule has 4 rings (SSSR count). The highest BCUT2D eigenvalue weighted by Gasteiger charge is 2.45. The average molecular weight is 1970 g/mol. The number of carbonyl (C=O) groups excluding carboxylic acids is 20. The number of fused-ring (bicyclic) bond motifs is 1. The summed E-state index contributed by atoms with van der Waals surface area (Å²) in [6, 6.07) is -18.5. The van der Waals surface area contributed by atoms with Crippen LogP contribution < -0.4 is 113 Å². The molecule has 51 heteroatoms. The van der Waals surface area contributed by atoms with E-state index in [1.807, 2.05) is 0 Å². The van der Waals surface area contributed by atoms with Crippen molar-refractivity contribution in [1.82, 2.24) is 110 Å². The number of aliphatic hydroxyl groups excluding tert-OH is 4. The monoisotopic (exact) mass is 1970 g/mol. The van der Waals surface area contributed by atoms with Crippen LogP contribution in [0.15, 0.2) is 30.5 Å². The highest BCUT2D eigenvalue weighted by atomic mass is 16.4. The third-order valence-corrected chi connectivity index (χ3v) is 22.6. The van der Waals surface area contributed by atoms with E-state index in [2.05, 4.69) is 101 Å². The van der Waals surface area contributed by atoms with Crippen molar-refractivity contribution in [1.29, 1.82) is 5.41 Å². The molecule has 0 saturated carbocycles. The largest absolute Gasteiger partial charge is 0.480 e. The molecule has 0 aliphatic carbocycles. The van der Waals surface area contributed by atoms with E-state index in [1.165, 1.54) is 25.7 Å². The number of para-hydroxylation sites is 1. The molecule has 20 atom stereocenters. The summed E-state index contributed by atoms with van der Waals surface area (Å²) >= 11 is 0. The Morgan fingerprint density at radius 2 is 0.849 bits per heavy atom. The number of rotatable bonds is 57. The maximum Gasteiger partial charge on any atom is 0.322 e. The molecule has 20 amide bonds. The van der Waals surface area contributed by atoms with Gasteiger partial charge in [0.15, 0.2) is 5.96 Å². The quantitative estimate of drug-likeness (QED) is 0.0166. The average Bonchev–Trinajstić information content (AvgIpc) is 1.70. The summed E-state index contributed by atoms with van der Waals surface area (Å²) in [4.78, 5) is 291. The van der Waals surface area contributed by atoms with E-state index in [4.69, 9.17) is 27.7 Å². The number of carbonyl (C=O) groups is 21.